The van der Waals surface area contributed by atoms with E-state index < -0.39 is 13.7 Å². The quantitative estimate of drug-likeness (QED) is 0.312. The van der Waals surface area contributed by atoms with Gasteiger partial charge in [-0.3, -0.25) is 0 Å². The first-order valence-corrected chi connectivity index (χ1v) is 15.0. The van der Waals surface area contributed by atoms with Crippen molar-refractivity contribution in [3.05, 3.63) is 41.5 Å². The molecule has 0 aliphatic carbocycles. The Morgan fingerprint density at radius 3 is 1.08 bits per heavy atom. The topological polar surface area (TPSA) is 71.4 Å². The molecule has 1 aromatic rings. The van der Waals surface area contributed by atoms with Gasteiger partial charge in [0.05, 0.1) is 0 Å². The van der Waals surface area contributed by atoms with Crippen LogP contribution in [0.2, 0.25) is 11.5 Å². The number of hydrogen-bond donors (Lipinski definition) is 0. The van der Waals surface area contributed by atoms with Crippen molar-refractivity contribution in [3.8, 4) is 0 Å². The van der Waals surface area contributed by atoms with Crippen LogP contribution in [-0.4, -0.2) is 31.9 Å². The van der Waals surface area contributed by atoms with Crippen LogP contribution in [0.1, 0.15) is 60.8 Å². The fraction of sp³-hybridized carbons (Fsp3) is 0.737. The van der Waals surface area contributed by atoms with Crippen molar-refractivity contribution in [3.63, 3.8) is 0 Å². The zero-order chi connectivity index (χ0) is 19.8. The Labute approximate surface area is 179 Å². The van der Waals surface area contributed by atoms with Gasteiger partial charge >= 0.3 is 83.6 Å². The van der Waals surface area contributed by atoms with Crippen LogP contribution in [0.15, 0.2) is 24.3 Å². The molecule has 25 heavy (non-hydrogen) atoms. The predicted octanol–water partition coefficient (Wildman–Crippen LogP) is 7.30. The van der Waals surface area contributed by atoms with E-state index in [4.69, 9.17) is 17.2 Å². The minimum absolute atomic E-state index is 0. The fourth-order valence-corrected chi connectivity index (χ4v) is 2.84. The van der Waals surface area contributed by atoms with Crippen LogP contribution in [0.5, 0.6) is 0 Å². The SMILES string of the molecule is CCC(C)[NH-].CCC(C)[NH-].CCC(C)[NH-].[CH3][Ge]([CH3])([F])[c-]1cccc1.[Zr+4]. The average Bonchev–Trinajstić information content (AvgIpc) is 3.03. The van der Waals surface area contributed by atoms with Crippen molar-refractivity contribution >= 4 is 18.1 Å². The van der Waals surface area contributed by atoms with E-state index in [0.717, 1.165) is 23.7 Å². The molecule has 0 saturated carbocycles. The van der Waals surface area contributed by atoms with Gasteiger partial charge in [0.1, 0.15) is 0 Å². The smallest absolute Gasteiger partial charge is 4.00 e. The van der Waals surface area contributed by atoms with E-state index in [1.807, 2.05) is 65.8 Å². The standard InChI is InChI=1S/C7H10FGe.3C4H10N.Zr/c1-9(2,8)7-5-3-4-6-7;3*1-3-4(2)5;/h3-6H,1-2H3;3*4-5H,3H2,1-2H3;/q4*-1;+4. The molecule has 0 spiro atoms. The van der Waals surface area contributed by atoms with Crippen LogP contribution >= 0.6 is 0 Å². The largest absolute Gasteiger partial charge is 4.00 e. The fourth-order valence-electron chi connectivity index (χ4n) is 0.770. The molecule has 0 aliphatic heterocycles. The van der Waals surface area contributed by atoms with Crippen molar-refractivity contribution in [2.75, 3.05) is 0 Å². The van der Waals surface area contributed by atoms with Crippen LogP contribution in [0, 0.1) is 0 Å². The van der Waals surface area contributed by atoms with E-state index in [9.17, 15) is 3.50 Å². The Morgan fingerprint density at radius 2 is 1.00 bits per heavy atom. The van der Waals surface area contributed by atoms with Crippen LogP contribution in [-0.2, 0) is 26.2 Å². The maximum atomic E-state index is 13.1. The Hall–Kier alpha value is 0.586. The summed E-state index contributed by atoms with van der Waals surface area (Å²) >= 11 is -2.94. The summed E-state index contributed by atoms with van der Waals surface area (Å²) < 4.78 is 14.1. The maximum Gasteiger partial charge on any atom is 4.00 e. The molecule has 3 atom stereocenters. The summed E-state index contributed by atoms with van der Waals surface area (Å²) in [7, 11) is 0. The van der Waals surface area contributed by atoms with Crippen LogP contribution in [0.25, 0.3) is 17.2 Å². The second-order valence-corrected chi connectivity index (χ2v) is 14.0. The third-order valence-corrected chi connectivity index (χ3v) is 6.77. The molecule has 0 aromatic heterocycles. The van der Waals surface area contributed by atoms with Gasteiger partial charge in [-0.15, -0.1) is 18.1 Å². The minimum Gasteiger partial charge on any atom is 4.00 e. The zero-order valence-electron chi connectivity index (χ0n) is 17.5. The van der Waals surface area contributed by atoms with E-state index in [0.29, 0.717) is 0 Å². The molecule has 0 radical (unpaired) electrons. The Bertz CT molecular complexity index is 318. The molecule has 3 unspecified atom stereocenters. The van der Waals surface area contributed by atoms with Gasteiger partial charge in [-0.05, 0) is 0 Å². The van der Waals surface area contributed by atoms with Crippen LogP contribution in [0.3, 0.4) is 0 Å². The first-order chi connectivity index (χ1) is 10.9. The molecule has 0 aliphatic rings. The second-order valence-electron chi connectivity index (χ2n) is 6.57. The Balaban J connectivity index is -0.000000122. The van der Waals surface area contributed by atoms with Crippen molar-refractivity contribution in [2.45, 2.75) is 90.4 Å². The summed E-state index contributed by atoms with van der Waals surface area (Å²) in [6.07, 6.45) is 2.92. The van der Waals surface area contributed by atoms with E-state index in [1.165, 1.54) is 0 Å². The summed E-state index contributed by atoms with van der Waals surface area (Å²) in [5.41, 5.74) is 20.5. The Morgan fingerprint density at radius 1 is 0.800 bits per heavy atom. The molecule has 0 saturated heterocycles. The van der Waals surface area contributed by atoms with Gasteiger partial charge in [-0.1, -0.05) is 60.8 Å². The summed E-state index contributed by atoms with van der Waals surface area (Å²) in [5.74, 6) is 3.49. The van der Waals surface area contributed by atoms with Gasteiger partial charge in [-0.25, -0.2) is 0 Å². The maximum absolute atomic E-state index is 13.1. The molecule has 146 valence electrons. The monoisotopic (exact) mass is 493 g/mol. The average molecular weight is 493 g/mol. The third-order valence-electron chi connectivity index (χ3n) is 3.19. The molecule has 3 N–H and O–H groups in total. The molecule has 0 fully saturated rings. The normalized spacial score (nSPS) is 13.3. The number of halogens is 1. The summed E-state index contributed by atoms with van der Waals surface area (Å²) in [6.45, 7) is 11.7. The first-order valence-electron chi connectivity index (χ1n) is 8.96. The van der Waals surface area contributed by atoms with Gasteiger partial charge < -0.3 is 17.2 Å². The molecule has 3 nitrogen and oxygen atoms in total. The number of hydrogen-bond acceptors (Lipinski definition) is 0. The van der Waals surface area contributed by atoms with Gasteiger partial charge in [0.15, 0.2) is 0 Å². The third kappa shape index (κ3) is 32.7. The van der Waals surface area contributed by atoms with Crippen LogP contribution < -0.4 is 4.40 Å². The molecule has 0 bridgehead atoms. The summed E-state index contributed by atoms with van der Waals surface area (Å²) in [4.78, 5) is 0. The summed E-state index contributed by atoms with van der Waals surface area (Å²) in [6, 6.07) is 7.93. The first kappa shape index (κ1) is 33.2. The summed E-state index contributed by atoms with van der Waals surface area (Å²) in [5, 5.41) is 0. The van der Waals surface area contributed by atoms with E-state index in [-0.39, 0.29) is 44.3 Å². The molecule has 6 heteroatoms. The van der Waals surface area contributed by atoms with E-state index >= 15 is 0 Å². The number of rotatable bonds is 4. The molecular formula is C19H40FGeN3Zr. The van der Waals surface area contributed by atoms with Gasteiger partial charge in [0, 0.05) is 0 Å². The molecular weight excluding hydrogens is 453 g/mol. The van der Waals surface area contributed by atoms with Crippen molar-refractivity contribution in [1.29, 1.82) is 0 Å². The second kappa shape index (κ2) is 20.9. The molecule has 1 rings (SSSR count). The minimum atomic E-state index is -2.94. The van der Waals surface area contributed by atoms with Crippen LogP contribution in [0.4, 0.5) is 3.50 Å². The van der Waals surface area contributed by atoms with E-state index in [2.05, 4.69) is 0 Å². The number of nitrogens with one attached hydrogen (secondary N) is 3. The van der Waals surface area contributed by atoms with Gasteiger partial charge in [-0.2, -0.15) is 0 Å². The predicted molar refractivity (Wildman–Crippen MR) is 112 cm³/mol. The zero-order valence-corrected chi connectivity index (χ0v) is 22.1. The van der Waals surface area contributed by atoms with Gasteiger partial charge in [0.2, 0.25) is 0 Å². The van der Waals surface area contributed by atoms with E-state index in [1.54, 1.807) is 11.5 Å². The molecule has 0 amide bonds. The van der Waals surface area contributed by atoms with Crippen molar-refractivity contribution in [2.24, 2.45) is 0 Å². The van der Waals surface area contributed by atoms with Crippen molar-refractivity contribution in [1.82, 2.24) is 0 Å². The molecule has 0 heterocycles. The van der Waals surface area contributed by atoms with Gasteiger partial charge in [0.25, 0.3) is 0 Å². The van der Waals surface area contributed by atoms with Crippen molar-refractivity contribution < 1.29 is 29.7 Å². The molecule has 1 aromatic carbocycles. The Kier molecular flexibility index (Phi) is 27.7.